The van der Waals surface area contributed by atoms with Crippen LogP contribution in [0.15, 0.2) is 30.5 Å². The number of halogens is 3. The maximum Gasteiger partial charge on any atom is 0.419 e. The van der Waals surface area contributed by atoms with E-state index in [1.54, 1.807) is 13.8 Å². The average Bonchev–Trinajstić information content (AvgIpc) is 2.80. The number of anilines is 1. The van der Waals surface area contributed by atoms with Crippen molar-refractivity contribution in [2.75, 3.05) is 5.73 Å². The molecule has 1 aromatic carbocycles. The molecule has 0 atom stereocenters. The van der Waals surface area contributed by atoms with Crippen LogP contribution in [0.5, 0.6) is 5.75 Å². The normalized spacial score (nSPS) is 11.7. The Morgan fingerprint density at radius 1 is 1.32 bits per heavy atom. The van der Waals surface area contributed by atoms with Crippen molar-refractivity contribution in [1.29, 1.82) is 0 Å². The highest BCUT2D eigenvalue weighted by Gasteiger charge is 2.35. The van der Waals surface area contributed by atoms with Gasteiger partial charge in [-0.15, -0.1) is 0 Å². The van der Waals surface area contributed by atoms with Crippen molar-refractivity contribution in [1.82, 2.24) is 9.78 Å². The van der Waals surface area contributed by atoms with Gasteiger partial charge in [-0.05, 0) is 26.0 Å². The second-order valence-electron chi connectivity index (χ2n) is 4.87. The Balaban J connectivity index is 2.37. The summed E-state index contributed by atoms with van der Waals surface area (Å²) in [5.74, 6) is -1.56. The fourth-order valence-electron chi connectivity index (χ4n) is 1.92. The Morgan fingerprint density at radius 3 is 2.55 bits per heavy atom. The summed E-state index contributed by atoms with van der Waals surface area (Å²) in [5.41, 5.74) is 4.59. The van der Waals surface area contributed by atoms with Crippen molar-refractivity contribution in [2.45, 2.75) is 26.1 Å². The van der Waals surface area contributed by atoms with E-state index in [9.17, 15) is 18.0 Å². The Hall–Kier alpha value is -2.51. The number of hydrogen-bond acceptors (Lipinski definition) is 4. The molecule has 1 heterocycles. The first-order valence-corrected chi connectivity index (χ1v) is 6.43. The van der Waals surface area contributed by atoms with Crippen molar-refractivity contribution in [3.05, 3.63) is 41.7 Å². The summed E-state index contributed by atoms with van der Waals surface area (Å²) >= 11 is 0. The van der Waals surface area contributed by atoms with Crippen LogP contribution in [0, 0.1) is 0 Å². The third-order valence-electron chi connectivity index (χ3n) is 2.90. The summed E-state index contributed by atoms with van der Waals surface area (Å²) in [6.07, 6.45) is -3.37. The number of rotatable bonds is 3. The van der Waals surface area contributed by atoms with Gasteiger partial charge in [0.05, 0.1) is 17.4 Å². The number of nitrogens with zero attached hydrogens (tertiary/aromatic N) is 2. The van der Waals surface area contributed by atoms with E-state index in [1.165, 1.54) is 23.0 Å². The van der Waals surface area contributed by atoms with Crippen LogP contribution in [0.1, 0.15) is 35.9 Å². The van der Waals surface area contributed by atoms with Gasteiger partial charge in [0.25, 0.3) is 0 Å². The first-order valence-electron chi connectivity index (χ1n) is 6.43. The summed E-state index contributed by atoms with van der Waals surface area (Å²) in [5, 5.41) is 3.92. The summed E-state index contributed by atoms with van der Waals surface area (Å²) in [6, 6.07) is 4.28. The molecule has 2 N–H and O–H groups in total. The number of para-hydroxylation sites is 1. The number of benzene rings is 1. The lowest BCUT2D eigenvalue weighted by atomic mass is 10.2. The Bertz CT molecular complexity index is 693. The molecule has 0 aliphatic rings. The van der Waals surface area contributed by atoms with Crippen LogP contribution < -0.4 is 10.5 Å². The minimum absolute atomic E-state index is 0.0446. The van der Waals surface area contributed by atoms with Gasteiger partial charge in [-0.3, -0.25) is 4.68 Å². The first-order chi connectivity index (χ1) is 10.2. The third-order valence-corrected chi connectivity index (χ3v) is 2.90. The largest absolute Gasteiger partial charge is 0.421 e. The van der Waals surface area contributed by atoms with E-state index >= 15 is 0 Å². The Labute approximate surface area is 124 Å². The van der Waals surface area contributed by atoms with Crippen LogP contribution in [0.25, 0.3) is 0 Å². The summed E-state index contributed by atoms with van der Waals surface area (Å²) in [7, 11) is 0. The summed E-state index contributed by atoms with van der Waals surface area (Å²) < 4.78 is 44.9. The zero-order valence-electron chi connectivity index (χ0n) is 11.9. The van der Waals surface area contributed by atoms with Gasteiger partial charge < -0.3 is 10.5 Å². The van der Waals surface area contributed by atoms with Gasteiger partial charge in [0.2, 0.25) is 0 Å². The number of carbonyl (C=O) groups excluding carboxylic acids is 1. The monoisotopic (exact) mass is 313 g/mol. The van der Waals surface area contributed by atoms with Crippen molar-refractivity contribution in [3.63, 3.8) is 0 Å². The van der Waals surface area contributed by atoms with Crippen LogP contribution in [-0.4, -0.2) is 15.7 Å². The number of hydrogen-bond donors (Lipinski definition) is 1. The van der Waals surface area contributed by atoms with E-state index in [0.717, 1.165) is 12.1 Å². The fourth-order valence-corrected chi connectivity index (χ4v) is 1.92. The molecule has 1 aromatic heterocycles. The molecule has 5 nitrogen and oxygen atoms in total. The molecular weight excluding hydrogens is 299 g/mol. The third kappa shape index (κ3) is 3.05. The lowest BCUT2D eigenvalue weighted by Crippen LogP contribution is -2.20. The predicted molar refractivity (Wildman–Crippen MR) is 73.4 cm³/mol. The lowest BCUT2D eigenvalue weighted by Gasteiger charge is -2.14. The fraction of sp³-hybridized carbons (Fsp3) is 0.286. The number of nitrogen functional groups attached to an aromatic ring is 1. The maximum atomic E-state index is 12.9. The van der Waals surface area contributed by atoms with Crippen molar-refractivity contribution in [2.24, 2.45) is 0 Å². The smallest absolute Gasteiger partial charge is 0.419 e. The van der Waals surface area contributed by atoms with Crippen LogP contribution >= 0.6 is 0 Å². The minimum Gasteiger partial charge on any atom is -0.421 e. The van der Waals surface area contributed by atoms with E-state index in [2.05, 4.69) is 5.10 Å². The highest BCUT2D eigenvalue weighted by molar-refractivity contribution is 5.94. The topological polar surface area (TPSA) is 70.1 Å². The molecule has 0 spiro atoms. The van der Waals surface area contributed by atoms with Crippen molar-refractivity contribution in [3.8, 4) is 5.75 Å². The highest BCUT2D eigenvalue weighted by Crippen LogP contribution is 2.36. The SMILES string of the molecule is CC(C)n1ncc(N)c1C(=O)Oc1ccccc1C(F)(F)F. The molecule has 22 heavy (non-hydrogen) atoms. The Morgan fingerprint density at radius 2 is 1.95 bits per heavy atom. The van der Waals surface area contributed by atoms with E-state index in [0.29, 0.717) is 0 Å². The predicted octanol–water partition coefficient (Wildman–Crippen LogP) is 3.28. The van der Waals surface area contributed by atoms with Crippen molar-refractivity contribution >= 4 is 11.7 Å². The standard InChI is InChI=1S/C14H14F3N3O2/c1-8(2)20-12(10(18)7-19-20)13(21)22-11-6-4-3-5-9(11)14(15,16)17/h3-8H,18H2,1-2H3. The number of alkyl halides is 3. The second kappa shape index (κ2) is 5.70. The number of nitrogens with two attached hydrogens (primary N) is 1. The van der Waals surface area contributed by atoms with Gasteiger partial charge in [-0.1, -0.05) is 12.1 Å². The molecule has 0 aliphatic carbocycles. The second-order valence-corrected chi connectivity index (χ2v) is 4.87. The van der Waals surface area contributed by atoms with Gasteiger partial charge in [-0.2, -0.15) is 18.3 Å². The molecule has 118 valence electrons. The van der Waals surface area contributed by atoms with Crippen LogP contribution in [-0.2, 0) is 6.18 Å². The first kappa shape index (κ1) is 15.9. The van der Waals surface area contributed by atoms with Gasteiger partial charge >= 0.3 is 12.1 Å². The zero-order valence-corrected chi connectivity index (χ0v) is 11.9. The lowest BCUT2D eigenvalue weighted by molar-refractivity contribution is -0.138. The Kier molecular flexibility index (Phi) is 4.11. The molecule has 0 saturated carbocycles. The molecule has 0 aliphatic heterocycles. The molecule has 8 heteroatoms. The maximum absolute atomic E-state index is 12.9. The van der Waals surface area contributed by atoms with Gasteiger partial charge in [0, 0.05) is 6.04 Å². The average molecular weight is 313 g/mol. The van der Waals surface area contributed by atoms with Crippen LogP contribution in [0.4, 0.5) is 18.9 Å². The molecule has 0 fully saturated rings. The molecule has 0 bridgehead atoms. The number of carbonyl (C=O) groups is 1. The van der Waals surface area contributed by atoms with E-state index < -0.39 is 23.5 Å². The van der Waals surface area contributed by atoms with E-state index in [-0.39, 0.29) is 17.4 Å². The van der Waals surface area contributed by atoms with Gasteiger partial charge in [0.1, 0.15) is 5.75 Å². The molecular formula is C14H14F3N3O2. The quantitative estimate of drug-likeness (QED) is 0.697. The number of ether oxygens (including phenoxy) is 1. The molecule has 2 aromatic rings. The molecule has 0 saturated heterocycles. The number of aromatic nitrogens is 2. The minimum atomic E-state index is -4.62. The molecule has 0 unspecified atom stereocenters. The number of esters is 1. The molecule has 2 rings (SSSR count). The molecule has 0 radical (unpaired) electrons. The summed E-state index contributed by atoms with van der Waals surface area (Å²) in [4.78, 5) is 12.2. The van der Waals surface area contributed by atoms with Crippen molar-refractivity contribution < 1.29 is 22.7 Å². The van der Waals surface area contributed by atoms with Crippen LogP contribution in [0.2, 0.25) is 0 Å². The summed E-state index contributed by atoms with van der Waals surface area (Å²) in [6.45, 7) is 3.51. The van der Waals surface area contributed by atoms with Gasteiger partial charge in [0.15, 0.2) is 5.69 Å². The zero-order chi connectivity index (χ0) is 16.5. The van der Waals surface area contributed by atoms with Crippen LogP contribution in [0.3, 0.4) is 0 Å². The van der Waals surface area contributed by atoms with Gasteiger partial charge in [-0.25, -0.2) is 4.79 Å². The highest BCUT2D eigenvalue weighted by atomic mass is 19.4. The van der Waals surface area contributed by atoms with E-state index in [4.69, 9.17) is 10.5 Å². The molecule has 0 amide bonds. The van der Waals surface area contributed by atoms with E-state index in [1.807, 2.05) is 0 Å².